The van der Waals surface area contributed by atoms with E-state index in [-0.39, 0.29) is 11.7 Å². The minimum absolute atomic E-state index is 0.0339. The molecule has 1 aliphatic carbocycles. The molecular weight excluding hydrogens is 415 g/mol. The summed E-state index contributed by atoms with van der Waals surface area (Å²) in [7, 11) is 2.03. The van der Waals surface area contributed by atoms with Crippen molar-refractivity contribution in [2.45, 2.75) is 19.0 Å². The zero-order valence-corrected chi connectivity index (χ0v) is 18.0. The third-order valence-corrected chi connectivity index (χ3v) is 6.96. The van der Waals surface area contributed by atoms with Crippen molar-refractivity contribution in [1.29, 1.82) is 0 Å². The van der Waals surface area contributed by atoms with Gasteiger partial charge in [-0.3, -0.25) is 9.69 Å². The average Bonchev–Trinajstić information content (AvgIpc) is 3.08. The minimum atomic E-state index is -4.33. The molecule has 0 amide bonds. The van der Waals surface area contributed by atoms with Gasteiger partial charge in [0.25, 0.3) is 0 Å². The van der Waals surface area contributed by atoms with Crippen LogP contribution in [0.25, 0.3) is 10.9 Å². The number of hydrogen-bond donors (Lipinski definition) is 0. The van der Waals surface area contributed by atoms with Crippen LogP contribution in [0.1, 0.15) is 28.0 Å². The van der Waals surface area contributed by atoms with Crippen LogP contribution in [0.5, 0.6) is 0 Å². The number of para-hydroxylation sites is 1. The van der Waals surface area contributed by atoms with Gasteiger partial charge < -0.3 is 9.47 Å². The molecule has 5 rings (SSSR count). The summed E-state index contributed by atoms with van der Waals surface area (Å²) in [4.78, 5) is 17.7. The Hall–Kier alpha value is -2.80. The van der Waals surface area contributed by atoms with Crippen LogP contribution >= 0.6 is 0 Å². The van der Waals surface area contributed by atoms with E-state index in [2.05, 4.69) is 15.5 Å². The first-order chi connectivity index (χ1) is 15.3. The molecule has 2 aliphatic rings. The number of fused-ring (bicyclic) bond motifs is 3. The van der Waals surface area contributed by atoms with E-state index < -0.39 is 11.7 Å². The first-order valence-electron chi connectivity index (χ1n) is 11.1. The molecule has 0 saturated carbocycles. The lowest BCUT2D eigenvalue weighted by atomic mass is 9.84. The van der Waals surface area contributed by atoms with Gasteiger partial charge in [-0.1, -0.05) is 24.3 Å². The average molecular weight is 441 g/mol. The van der Waals surface area contributed by atoms with Crippen molar-refractivity contribution in [2.24, 2.45) is 13.0 Å². The molecule has 2 aromatic carbocycles. The van der Waals surface area contributed by atoms with Crippen LogP contribution in [0.3, 0.4) is 0 Å². The third-order valence-electron chi connectivity index (χ3n) is 6.96. The first kappa shape index (κ1) is 21.1. The van der Waals surface area contributed by atoms with Gasteiger partial charge in [0.15, 0.2) is 5.78 Å². The molecule has 0 radical (unpaired) electrons. The molecule has 1 aromatic heterocycles. The Morgan fingerprint density at radius 1 is 1.00 bits per heavy atom. The lowest BCUT2D eigenvalue weighted by molar-refractivity contribution is -0.137. The van der Waals surface area contributed by atoms with Crippen LogP contribution in [0.4, 0.5) is 18.9 Å². The Kier molecular flexibility index (Phi) is 5.24. The molecule has 3 aromatic rings. The van der Waals surface area contributed by atoms with Crippen molar-refractivity contribution in [3.05, 3.63) is 65.4 Å². The van der Waals surface area contributed by atoms with Gasteiger partial charge in [-0.25, -0.2) is 0 Å². The second-order valence-corrected chi connectivity index (χ2v) is 8.83. The van der Waals surface area contributed by atoms with Crippen molar-refractivity contribution < 1.29 is 18.0 Å². The van der Waals surface area contributed by atoms with Crippen LogP contribution in [-0.4, -0.2) is 48.0 Å². The highest BCUT2D eigenvalue weighted by molar-refractivity contribution is 6.11. The van der Waals surface area contributed by atoms with E-state index in [1.165, 1.54) is 12.1 Å². The van der Waals surface area contributed by atoms with Crippen LogP contribution in [0, 0.1) is 5.92 Å². The number of Topliss-reactive ketones (excluding diaryl/α,β-unsaturated/α-hetero) is 1. The first-order valence-corrected chi connectivity index (χ1v) is 11.1. The number of piperazine rings is 1. The number of aryl methyl sites for hydroxylation is 1. The van der Waals surface area contributed by atoms with Crippen molar-refractivity contribution in [3.63, 3.8) is 0 Å². The van der Waals surface area contributed by atoms with Gasteiger partial charge in [0.1, 0.15) is 0 Å². The zero-order valence-electron chi connectivity index (χ0n) is 18.0. The summed E-state index contributed by atoms with van der Waals surface area (Å²) in [5, 5.41) is 1.04. The van der Waals surface area contributed by atoms with E-state index in [1.807, 2.05) is 30.1 Å². The summed E-state index contributed by atoms with van der Waals surface area (Å²) in [6, 6.07) is 13.6. The van der Waals surface area contributed by atoms with E-state index in [0.717, 1.165) is 54.2 Å². The maximum atomic E-state index is 13.4. The number of benzene rings is 2. The molecule has 1 unspecified atom stereocenters. The number of carbonyl (C=O) groups excluding carboxylic acids is 1. The number of anilines is 1. The van der Waals surface area contributed by atoms with E-state index in [9.17, 15) is 18.0 Å². The summed E-state index contributed by atoms with van der Waals surface area (Å²) in [6.45, 7) is 3.49. The van der Waals surface area contributed by atoms with Crippen molar-refractivity contribution >= 4 is 22.4 Å². The highest BCUT2D eigenvalue weighted by atomic mass is 19.4. The Morgan fingerprint density at radius 3 is 2.50 bits per heavy atom. The summed E-state index contributed by atoms with van der Waals surface area (Å²) in [6.07, 6.45) is -2.61. The fraction of sp³-hybridized carbons (Fsp3) is 0.400. The molecule has 7 heteroatoms. The van der Waals surface area contributed by atoms with Gasteiger partial charge in [0.05, 0.1) is 5.56 Å². The third kappa shape index (κ3) is 3.68. The van der Waals surface area contributed by atoms with Crippen LogP contribution in [-0.2, 0) is 19.6 Å². The Labute approximate surface area is 185 Å². The Morgan fingerprint density at radius 2 is 1.75 bits per heavy atom. The van der Waals surface area contributed by atoms with Gasteiger partial charge in [-0.2, -0.15) is 13.2 Å². The smallest absolute Gasteiger partial charge is 0.369 e. The fourth-order valence-corrected chi connectivity index (χ4v) is 5.21. The highest BCUT2D eigenvalue weighted by Gasteiger charge is 2.34. The number of hydrogen-bond acceptors (Lipinski definition) is 3. The van der Waals surface area contributed by atoms with Gasteiger partial charge in [-0.15, -0.1) is 0 Å². The van der Waals surface area contributed by atoms with E-state index in [4.69, 9.17) is 0 Å². The van der Waals surface area contributed by atoms with E-state index in [0.29, 0.717) is 25.3 Å². The number of rotatable bonds is 3. The molecule has 1 atom stereocenters. The highest BCUT2D eigenvalue weighted by Crippen LogP contribution is 2.35. The second kappa shape index (κ2) is 7.96. The molecule has 0 bridgehead atoms. The summed E-state index contributed by atoms with van der Waals surface area (Å²) >= 11 is 0. The number of aromatic nitrogens is 1. The minimum Gasteiger partial charge on any atom is -0.369 e. The van der Waals surface area contributed by atoms with Crippen LogP contribution in [0.15, 0.2) is 48.5 Å². The molecule has 0 N–H and O–H groups in total. The monoisotopic (exact) mass is 441 g/mol. The maximum absolute atomic E-state index is 13.4. The van der Waals surface area contributed by atoms with Gasteiger partial charge >= 0.3 is 6.18 Å². The molecule has 32 heavy (non-hydrogen) atoms. The predicted octanol–water partition coefficient (Wildman–Crippen LogP) is 4.76. The quantitative estimate of drug-likeness (QED) is 0.587. The lowest BCUT2D eigenvalue weighted by Crippen LogP contribution is -2.49. The van der Waals surface area contributed by atoms with Gasteiger partial charge in [0.2, 0.25) is 0 Å². The molecule has 0 spiro atoms. The topological polar surface area (TPSA) is 28.5 Å². The Balaban J connectivity index is 1.26. The normalized spacial score (nSPS) is 20.1. The molecule has 4 nitrogen and oxygen atoms in total. The summed E-state index contributed by atoms with van der Waals surface area (Å²) < 4.78 is 41.3. The fourth-order valence-electron chi connectivity index (χ4n) is 5.21. The number of nitrogens with zero attached hydrogens (tertiary/aromatic N) is 3. The van der Waals surface area contributed by atoms with Gasteiger partial charge in [0, 0.05) is 73.5 Å². The molecule has 1 fully saturated rings. The number of carbonyl (C=O) groups is 1. The lowest BCUT2D eigenvalue weighted by Gasteiger charge is -2.38. The van der Waals surface area contributed by atoms with Crippen LogP contribution < -0.4 is 4.90 Å². The molecular formula is C25H26F3N3O. The standard InChI is InChI=1S/C25H26F3N3O/c1-29-21-8-3-2-7-20(21)23-22(29)10-9-17(24(23)32)16-30-11-13-31(14-12-30)19-6-4-5-18(15-19)25(26,27)28/h2-8,15,17H,9-14,16H2,1H3. The predicted molar refractivity (Wildman–Crippen MR) is 119 cm³/mol. The van der Waals surface area contributed by atoms with Crippen molar-refractivity contribution in [1.82, 2.24) is 9.47 Å². The molecule has 2 heterocycles. The molecule has 1 aliphatic heterocycles. The largest absolute Gasteiger partial charge is 0.416 e. The van der Waals surface area contributed by atoms with E-state index in [1.54, 1.807) is 6.07 Å². The molecule has 1 saturated heterocycles. The number of ketones is 1. The SMILES string of the molecule is Cn1c2c(c3ccccc31)C(=O)C(CN1CCN(c3cccc(C(F)(F)F)c3)CC1)CC2. The summed E-state index contributed by atoms with van der Waals surface area (Å²) in [5.74, 6) is 0.191. The zero-order chi connectivity index (χ0) is 22.5. The maximum Gasteiger partial charge on any atom is 0.416 e. The molecule has 168 valence electrons. The van der Waals surface area contributed by atoms with Crippen LogP contribution in [0.2, 0.25) is 0 Å². The van der Waals surface area contributed by atoms with Crippen molar-refractivity contribution in [3.8, 4) is 0 Å². The Bertz CT molecular complexity index is 1160. The van der Waals surface area contributed by atoms with Crippen molar-refractivity contribution in [2.75, 3.05) is 37.6 Å². The number of alkyl halides is 3. The number of halogens is 3. The summed E-state index contributed by atoms with van der Waals surface area (Å²) in [5.41, 5.74) is 3.09. The van der Waals surface area contributed by atoms with E-state index >= 15 is 0 Å². The second-order valence-electron chi connectivity index (χ2n) is 8.83. The van der Waals surface area contributed by atoms with Gasteiger partial charge in [-0.05, 0) is 37.1 Å².